The number of imidazole rings is 1. The maximum Gasteiger partial charge on any atom is 0.191 e. The number of aromatic nitrogens is 2. The molecule has 0 saturated carbocycles. The number of guanidine groups is 1. The van der Waals surface area contributed by atoms with Crippen molar-refractivity contribution < 1.29 is 4.74 Å². The molecule has 2 rings (SSSR count). The Morgan fingerprint density at radius 1 is 1.48 bits per heavy atom. The molecule has 2 aromatic rings. The van der Waals surface area contributed by atoms with Gasteiger partial charge >= 0.3 is 0 Å². The molecular formula is C17H27N5O. The summed E-state index contributed by atoms with van der Waals surface area (Å²) in [6, 6.07) is 4.33. The molecule has 0 aliphatic rings. The van der Waals surface area contributed by atoms with Crippen molar-refractivity contribution in [3.05, 3.63) is 35.8 Å². The average molecular weight is 317 g/mol. The highest BCUT2D eigenvalue weighted by Gasteiger charge is 2.06. The highest BCUT2D eigenvalue weighted by atomic mass is 16.5. The number of ether oxygens (including phenoxy) is 1. The largest absolute Gasteiger partial charge is 0.383 e. The van der Waals surface area contributed by atoms with E-state index in [4.69, 9.17) is 4.74 Å². The SMILES string of the molecule is CCNC(=NCCc1cn2cccc(C)c2n1)NC(C)COC. The molecule has 1 atom stereocenters. The Kier molecular flexibility index (Phi) is 6.40. The van der Waals surface area contributed by atoms with E-state index in [0.29, 0.717) is 13.2 Å². The van der Waals surface area contributed by atoms with Crippen LogP contribution in [0.3, 0.4) is 0 Å². The molecule has 23 heavy (non-hydrogen) atoms. The molecule has 2 heterocycles. The normalized spacial score (nSPS) is 13.3. The Morgan fingerprint density at radius 2 is 2.30 bits per heavy atom. The fourth-order valence-corrected chi connectivity index (χ4v) is 2.45. The zero-order chi connectivity index (χ0) is 16.7. The van der Waals surface area contributed by atoms with Crippen LogP contribution in [-0.4, -0.2) is 48.2 Å². The third kappa shape index (κ3) is 4.96. The fraction of sp³-hybridized carbons (Fsp3) is 0.529. The number of hydrogen-bond acceptors (Lipinski definition) is 3. The first-order valence-electron chi connectivity index (χ1n) is 8.11. The predicted octanol–water partition coefficient (Wildman–Crippen LogP) is 1.78. The van der Waals surface area contributed by atoms with Crippen LogP contribution in [0.4, 0.5) is 0 Å². The Labute approximate surface area is 138 Å². The van der Waals surface area contributed by atoms with Gasteiger partial charge in [-0.15, -0.1) is 0 Å². The zero-order valence-electron chi connectivity index (χ0n) is 14.5. The third-order valence-corrected chi connectivity index (χ3v) is 3.51. The summed E-state index contributed by atoms with van der Waals surface area (Å²) in [6.45, 7) is 8.38. The van der Waals surface area contributed by atoms with Gasteiger partial charge in [-0.2, -0.15) is 0 Å². The van der Waals surface area contributed by atoms with Crippen LogP contribution in [0.5, 0.6) is 0 Å². The number of methoxy groups -OCH3 is 1. The summed E-state index contributed by atoms with van der Waals surface area (Å²) in [7, 11) is 1.70. The van der Waals surface area contributed by atoms with E-state index in [-0.39, 0.29) is 6.04 Å². The molecule has 0 fully saturated rings. The van der Waals surface area contributed by atoms with Crippen LogP contribution in [0.15, 0.2) is 29.5 Å². The van der Waals surface area contributed by atoms with Crippen LogP contribution in [0.1, 0.15) is 25.1 Å². The number of nitrogens with zero attached hydrogens (tertiary/aromatic N) is 3. The lowest BCUT2D eigenvalue weighted by atomic mass is 10.3. The molecule has 0 aliphatic carbocycles. The molecule has 0 bridgehead atoms. The minimum absolute atomic E-state index is 0.218. The first-order chi connectivity index (χ1) is 11.1. The standard InChI is InChI=1S/C17H27N5O/c1-5-18-17(20-14(3)12-23-4)19-9-8-15-11-22-10-6-7-13(2)16(22)21-15/h6-7,10-11,14H,5,8-9,12H2,1-4H3,(H2,18,19,20). The maximum absolute atomic E-state index is 5.14. The Bertz CT molecular complexity index is 649. The molecular weight excluding hydrogens is 290 g/mol. The van der Waals surface area contributed by atoms with E-state index in [2.05, 4.69) is 58.0 Å². The molecule has 2 aromatic heterocycles. The van der Waals surface area contributed by atoms with Crippen LogP contribution in [0.25, 0.3) is 5.65 Å². The summed E-state index contributed by atoms with van der Waals surface area (Å²) in [5, 5.41) is 6.58. The van der Waals surface area contributed by atoms with Gasteiger partial charge in [-0.25, -0.2) is 4.98 Å². The van der Waals surface area contributed by atoms with Gasteiger partial charge in [-0.05, 0) is 32.4 Å². The van der Waals surface area contributed by atoms with Crippen LogP contribution < -0.4 is 10.6 Å². The van der Waals surface area contributed by atoms with Gasteiger partial charge in [0, 0.05) is 45.1 Å². The predicted molar refractivity (Wildman–Crippen MR) is 94.1 cm³/mol. The Hall–Kier alpha value is -2.08. The van der Waals surface area contributed by atoms with Crippen LogP contribution in [0.2, 0.25) is 0 Å². The van der Waals surface area contributed by atoms with Crippen LogP contribution in [-0.2, 0) is 11.2 Å². The lowest BCUT2D eigenvalue weighted by molar-refractivity contribution is 0.179. The van der Waals surface area contributed by atoms with Crippen LogP contribution >= 0.6 is 0 Å². The van der Waals surface area contributed by atoms with Crippen molar-refractivity contribution in [2.75, 3.05) is 26.8 Å². The van der Waals surface area contributed by atoms with Gasteiger partial charge < -0.3 is 19.8 Å². The highest BCUT2D eigenvalue weighted by molar-refractivity contribution is 5.80. The Balaban J connectivity index is 1.97. The monoisotopic (exact) mass is 317 g/mol. The van der Waals surface area contributed by atoms with Gasteiger partial charge in [0.05, 0.1) is 12.3 Å². The first-order valence-corrected chi connectivity index (χ1v) is 8.11. The fourth-order valence-electron chi connectivity index (χ4n) is 2.45. The zero-order valence-corrected chi connectivity index (χ0v) is 14.5. The average Bonchev–Trinajstić information content (AvgIpc) is 2.92. The number of rotatable bonds is 7. The highest BCUT2D eigenvalue weighted by Crippen LogP contribution is 2.10. The Morgan fingerprint density at radius 3 is 3.00 bits per heavy atom. The summed E-state index contributed by atoms with van der Waals surface area (Å²) in [5.74, 6) is 0.817. The molecule has 0 amide bonds. The number of nitrogens with one attached hydrogen (secondary N) is 2. The van der Waals surface area contributed by atoms with E-state index in [9.17, 15) is 0 Å². The van der Waals surface area contributed by atoms with Gasteiger partial charge in [-0.1, -0.05) is 6.07 Å². The minimum Gasteiger partial charge on any atom is -0.383 e. The lowest BCUT2D eigenvalue weighted by Crippen LogP contribution is -2.44. The van der Waals surface area contributed by atoms with Crippen molar-refractivity contribution in [2.45, 2.75) is 33.2 Å². The first kappa shape index (κ1) is 17.3. The van der Waals surface area contributed by atoms with E-state index < -0.39 is 0 Å². The van der Waals surface area contributed by atoms with E-state index in [1.807, 2.05) is 12.3 Å². The smallest absolute Gasteiger partial charge is 0.191 e. The maximum atomic E-state index is 5.14. The quantitative estimate of drug-likeness (QED) is 0.603. The molecule has 2 N–H and O–H groups in total. The third-order valence-electron chi connectivity index (χ3n) is 3.51. The molecule has 0 spiro atoms. The van der Waals surface area contributed by atoms with E-state index in [1.54, 1.807) is 7.11 Å². The van der Waals surface area contributed by atoms with Gasteiger partial charge in [0.25, 0.3) is 0 Å². The summed E-state index contributed by atoms with van der Waals surface area (Å²) >= 11 is 0. The number of aryl methyl sites for hydroxylation is 1. The van der Waals surface area contributed by atoms with Crippen molar-refractivity contribution in [1.82, 2.24) is 20.0 Å². The van der Waals surface area contributed by atoms with Crippen molar-refractivity contribution in [1.29, 1.82) is 0 Å². The number of pyridine rings is 1. The van der Waals surface area contributed by atoms with Crippen molar-refractivity contribution in [3.63, 3.8) is 0 Å². The second kappa shape index (κ2) is 8.53. The second-order valence-corrected chi connectivity index (χ2v) is 5.67. The molecule has 0 aliphatic heterocycles. The van der Waals surface area contributed by atoms with Gasteiger partial charge in [0.2, 0.25) is 0 Å². The van der Waals surface area contributed by atoms with Gasteiger partial charge in [0.1, 0.15) is 5.65 Å². The summed E-state index contributed by atoms with van der Waals surface area (Å²) in [4.78, 5) is 9.29. The molecule has 0 saturated heterocycles. The van der Waals surface area contributed by atoms with E-state index in [1.165, 1.54) is 5.56 Å². The topological polar surface area (TPSA) is 63.0 Å². The molecule has 0 aromatic carbocycles. The molecule has 6 heteroatoms. The summed E-state index contributed by atoms with van der Waals surface area (Å²) in [5.41, 5.74) is 3.26. The van der Waals surface area contributed by atoms with Crippen molar-refractivity contribution >= 4 is 11.6 Å². The van der Waals surface area contributed by atoms with Gasteiger partial charge in [0.15, 0.2) is 5.96 Å². The molecule has 6 nitrogen and oxygen atoms in total. The molecule has 126 valence electrons. The molecule has 0 radical (unpaired) electrons. The number of hydrogen-bond donors (Lipinski definition) is 2. The molecule has 1 unspecified atom stereocenters. The lowest BCUT2D eigenvalue weighted by Gasteiger charge is -2.16. The number of aliphatic imine (C=N–C) groups is 1. The summed E-state index contributed by atoms with van der Waals surface area (Å²) < 4.78 is 7.21. The summed E-state index contributed by atoms with van der Waals surface area (Å²) in [6.07, 6.45) is 4.92. The van der Waals surface area contributed by atoms with E-state index in [0.717, 1.165) is 30.3 Å². The minimum atomic E-state index is 0.218. The second-order valence-electron chi connectivity index (χ2n) is 5.67. The number of fused-ring (bicyclic) bond motifs is 1. The van der Waals surface area contributed by atoms with Crippen LogP contribution in [0, 0.1) is 6.92 Å². The van der Waals surface area contributed by atoms with Crippen molar-refractivity contribution in [2.24, 2.45) is 4.99 Å². The van der Waals surface area contributed by atoms with E-state index >= 15 is 0 Å². The van der Waals surface area contributed by atoms with Gasteiger partial charge in [-0.3, -0.25) is 4.99 Å². The van der Waals surface area contributed by atoms with Crippen molar-refractivity contribution in [3.8, 4) is 0 Å².